The molecule has 1 amide bonds. The number of amides is 1. The first-order valence-electron chi connectivity index (χ1n) is 7.81. The molecule has 0 saturated carbocycles. The van der Waals surface area contributed by atoms with Gasteiger partial charge in [-0.2, -0.15) is 0 Å². The average Bonchev–Trinajstić information content (AvgIpc) is 2.46. The highest BCUT2D eigenvalue weighted by molar-refractivity contribution is 5.86. The number of nitrogens with one attached hydrogen (secondary N) is 1. The zero-order valence-electron chi connectivity index (χ0n) is 13.2. The fourth-order valence-corrected chi connectivity index (χ4v) is 3.04. The van der Waals surface area contributed by atoms with E-state index in [9.17, 15) is 4.79 Å². The third kappa shape index (κ3) is 3.56. The average molecular weight is 290 g/mol. The van der Waals surface area contributed by atoms with Gasteiger partial charge in [0.1, 0.15) is 0 Å². The summed E-state index contributed by atoms with van der Waals surface area (Å²) in [6.45, 7) is 6.92. The monoisotopic (exact) mass is 290 g/mol. The van der Waals surface area contributed by atoms with Crippen LogP contribution in [0.4, 0.5) is 5.69 Å². The summed E-state index contributed by atoms with van der Waals surface area (Å²) >= 11 is 0. The Kier molecular flexibility index (Phi) is 5.23. The van der Waals surface area contributed by atoms with Crippen molar-refractivity contribution in [1.82, 2.24) is 4.90 Å². The van der Waals surface area contributed by atoms with E-state index >= 15 is 0 Å². The van der Waals surface area contributed by atoms with Crippen molar-refractivity contribution in [3.05, 3.63) is 29.8 Å². The maximum Gasteiger partial charge on any atom is 0.230 e. The first-order valence-corrected chi connectivity index (χ1v) is 7.81. The Balaban J connectivity index is 2.25. The molecule has 0 aliphatic carbocycles. The molecule has 4 heteroatoms. The van der Waals surface area contributed by atoms with Gasteiger partial charge in [0.05, 0.1) is 5.92 Å². The zero-order valence-corrected chi connectivity index (χ0v) is 13.2. The van der Waals surface area contributed by atoms with Crippen molar-refractivity contribution < 1.29 is 9.90 Å². The predicted molar refractivity (Wildman–Crippen MR) is 85.4 cm³/mol. The molecule has 1 aromatic carbocycles. The fraction of sp³-hybridized carbons (Fsp3) is 0.588. The Bertz CT molecular complexity index is 487. The Morgan fingerprint density at radius 2 is 2.14 bits per heavy atom. The van der Waals surface area contributed by atoms with Crippen molar-refractivity contribution in [1.29, 1.82) is 0 Å². The lowest BCUT2D eigenvalue weighted by Gasteiger charge is -2.36. The standard InChI is InChI=1S/C17H26N2O2/c1-12(2)19(9-6-10-20)17(21)15-11-13(3)18-16-8-5-4-7-14(15)16/h4-5,7-8,12-13,15,18,20H,6,9-11H2,1-3H3. The minimum absolute atomic E-state index is 0.0847. The van der Waals surface area contributed by atoms with Gasteiger partial charge in [0.15, 0.2) is 0 Å². The van der Waals surface area contributed by atoms with Gasteiger partial charge in [-0.1, -0.05) is 18.2 Å². The Morgan fingerprint density at radius 3 is 2.81 bits per heavy atom. The van der Waals surface area contributed by atoms with Crippen molar-refractivity contribution in [2.75, 3.05) is 18.5 Å². The van der Waals surface area contributed by atoms with Gasteiger partial charge in [0, 0.05) is 30.9 Å². The van der Waals surface area contributed by atoms with E-state index in [0.29, 0.717) is 19.0 Å². The van der Waals surface area contributed by atoms with Crippen molar-refractivity contribution in [3.8, 4) is 0 Å². The number of para-hydroxylation sites is 1. The van der Waals surface area contributed by atoms with Crippen LogP contribution in [0.15, 0.2) is 24.3 Å². The number of hydrogen-bond donors (Lipinski definition) is 2. The van der Waals surface area contributed by atoms with Crippen LogP contribution in [0.2, 0.25) is 0 Å². The van der Waals surface area contributed by atoms with Crippen LogP contribution in [0.5, 0.6) is 0 Å². The van der Waals surface area contributed by atoms with E-state index in [-0.39, 0.29) is 24.5 Å². The number of rotatable bonds is 5. The number of benzene rings is 1. The van der Waals surface area contributed by atoms with E-state index in [2.05, 4.69) is 12.2 Å². The lowest BCUT2D eigenvalue weighted by atomic mass is 9.86. The molecule has 0 bridgehead atoms. The SMILES string of the molecule is CC1CC(C(=O)N(CCCO)C(C)C)c2ccccc2N1. The number of fused-ring (bicyclic) bond motifs is 1. The number of hydrogen-bond acceptors (Lipinski definition) is 3. The van der Waals surface area contributed by atoms with Crippen LogP contribution in [0, 0.1) is 0 Å². The zero-order chi connectivity index (χ0) is 15.4. The van der Waals surface area contributed by atoms with E-state index in [0.717, 1.165) is 17.7 Å². The normalized spacial score (nSPS) is 20.8. The lowest BCUT2D eigenvalue weighted by Crippen LogP contribution is -2.43. The topological polar surface area (TPSA) is 52.6 Å². The van der Waals surface area contributed by atoms with Crippen LogP contribution >= 0.6 is 0 Å². The molecular weight excluding hydrogens is 264 g/mol. The molecule has 0 aromatic heterocycles. The van der Waals surface area contributed by atoms with E-state index < -0.39 is 0 Å². The van der Waals surface area contributed by atoms with Gasteiger partial charge >= 0.3 is 0 Å². The van der Waals surface area contributed by atoms with Gasteiger partial charge in [-0.25, -0.2) is 0 Å². The summed E-state index contributed by atoms with van der Waals surface area (Å²) < 4.78 is 0. The van der Waals surface area contributed by atoms with Crippen LogP contribution in [0.1, 0.15) is 45.1 Å². The number of aliphatic hydroxyl groups is 1. The maximum absolute atomic E-state index is 13.0. The van der Waals surface area contributed by atoms with E-state index in [1.54, 1.807) is 0 Å². The molecule has 2 N–H and O–H groups in total. The van der Waals surface area contributed by atoms with E-state index in [1.807, 2.05) is 43.0 Å². The number of carbonyl (C=O) groups excluding carboxylic acids is 1. The second kappa shape index (κ2) is 6.94. The molecule has 0 saturated heterocycles. The first kappa shape index (κ1) is 15.8. The largest absolute Gasteiger partial charge is 0.396 e. The Morgan fingerprint density at radius 1 is 1.43 bits per heavy atom. The van der Waals surface area contributed by atoms with Crippen LogP contribution < -0.4 is 5.32 Å². The van der Waals surface area contributed by atoms with Gasteiger partial charge in [-0.05, 0) is 45.2 Å². The van der Waals surface area contributed by atoms with Crippen molar-refractivity contribution in [2.24, 2.45) is 0 Å². The molecule has 4 nitrogen and oxygen atoms in total. The van der Waals surface area contributed by atoms with Gasteiger partial charge < -0.3 is 15.3 Å². The Labute approximate surface area is 127 Å². The molecule has 0 spiro atoms. The van der Waals surface area contributed by atoms with Crippen LogP contribution in [-0.4, -0.2) is 41.1 Å². The number of aliphatic hydroxyl groups excluding tert-OH is 1. The molecule has 0 radical (unpaired) electrons. The third-order valence-corrected chi connectivity index (χ3v) is 4.09. The Hall–Kier alpha value is -1.55. The predicted octanol–water partition coefficient (Wildman–Crippen LogP) is 2.59. The smallest absolute Gasteiger partial charge is 0.230 e. The number of anilines is 1. The summed E-state index contributed by atoms with van der Waals surface area (Å²) in [7, 11) is 0. The van der Waals surface area contributed by atoms with Crippen LogP contribution in [0.3, 0.4) is 0 Å². The summed E-state index contributed by atoms with van der Waals surface area (Å²) in [4.78, 5) is 14.9. The summed E-state index contributed by atoms with van der Waals surface area (Å²) in [5.41, 5.74) is 2.16. The molecule has 21 heavy (non-hydrogen) atoms. The molecular formula is C17H26N2O2. The van der Waals surface area contributed by atoms with E-state index in [1.165, 1.54) is 0 Å². The first-order chi connectivity index (χ1) is 10.0. The molecule has 1 aliphatic heterocycles. The van der Waals surface area contributed by atoms with E-state index in [4.69, 9.17) is 5.11 Å². The highest BCUT2D eigenvalue weighted by Gasteiger charge is 2.33. The van der Waals surface area contributed by atoms with Crippen molar-refractivity contribution in [2.45, 2.75) is 51.6 Å². The minimum Gasteiger partial charge on any atom is -0.396 e. The summed E-state index contributed by atoms with van der Waals surface area (Å²) in [6, 6.07) is 8.52. The minimum atomic E-state index is -0.0847. The van der Waals surface area contributed by atoms with Gasteiger partial charge in [-0.15, -0.1) is 0 Å². The highest BCUT2D eigenvalue weighted by Crippen LogP contribution is 2.35. The van der Waals surface area contributed by atoms with Gasteiger partial charge in [-0.3, -0.25) is 4.79 Å². The van der Waals surface area contributed by atoms with Crippen LogP contribution in [0.25, 0.3) is 0 Å². The maximum atomic E-state index is 13.0. The number of nitrogens with zero attached hydrogens (tertiary/aromatic N) is 1. The molecule has 2 unspecified atom stereocenters. The van der Waals surface area contributed by atoms with Gasteiger partial charge in [0.2, 0.25) is 5.91 Å². The fourth-order valence-electron chi connectivity index (χ4n) is 3.04. The molecule has 2 atom stereocenters. The molecule has 1 aliphatic rings. The highest BCUT2D eigenvalue weighted by atomic mass is 16.3. The van der Waals surface area contributed by atoms with Crippen LogP contribution in [-0.2, 0) is 4.79 Å². The quantitative estimate of drug-likeness (QED) is 0.876. The molecule has 2 rings (SSSR count). The molecule has 0 fully saturated rings. The summed E-state index contributed by atoms with van der Waals surface area (Å²) in [6.07, 6.45) is 1.45. The summed E-state index contributed by atoms with van der Waals surface area (Å²) in [5, 5.41) is 12.5. The third-order valence-electron chi connectivity index (χ3n) is 4.09. The lowest BCUT2D eigenvalue weighted by molar-refractivity contribution is -0.135. The van der Waals surface area contributed by atoms with Crippen molar-refractivity contribution >= 4 is 11.6 Å². The molecule has 116 valence electrons. The van der Waals surface area contributed by atoms with Crippen molar-refractivity contribution in [3.63, 3.8) is 0 Å². The molecule has 1 aromatic rings. The molecule has 1 heterocycles. The number of carbonyl (C=O) groups is 1. The second-order valence-corrected chi connectivity index (χ2v) is 6.12. The summed E-state index contributed by atoms with van der Waals surface area (Å²) in [5.74, 6) is 0.0952. The van der Waals surface area contributed by atoms with Gasteiger partial charge in [0.25, 0.3) is 0 Å². The second-order valence-electron chi connectivity index (χ2n) is 6.12.